The number of para-hydroxylation sites is 1. The van der Waals surface area contributed by atoms with E-state index in [1.54, 1.807) is 6.07 Å². The van der Waals surface area contributed by atoms with Gasteiger partial charge in [-0.3, -0.25) is 0 Å². The highest BCUT2D eigenvalue weighted by Gasteiger charge is 2.42. The highest BCUT2D eigenvalue weighted by molar-refractivity contribution is 5.59. The summed E-state index contributed by atoms with van der Waals surface area (Å²) in [6, 6.07) is 4.96. The Hall–Kier alpha value is -1.25. The zero-order valence-electron chi connectivity index (χ0n) is 7.85. The molecule has 0 amide bonds. The van der Waals surface area contributed by atoms with E-state index in [4.69, 9.17) is 4.74 Å². The smallest absolute Gasteiger partial charge is 0.150 e. The van der Waals surface area contributed by atoms with Gasteiger partial charge in [0.1, 0.15) is 22.9 Å². The number of fused-ring (bicyclic) bond motifs is 1. The van der Waals surface area contributed by atoms with Crippen molar-refractivity contribution >= 4 is 5.69 Å². The number of nitrogens with one attached hydrogen (secondary N) is 1. The molecule has 1 fully saturated rings. The minimum absolute atomic E-state index is 0.0409. The van der Waals surface area contributed by atoms with Gasteiger partial charge in [-0.2, -0.15) is 0 Å². The van der Waals surface area contributed by atoms with E-state index in [0.29, 0.717) is 11.4 Å². The van der Waals surface area contributed by atoms with Crippen LogP contribution in [0.5, 0.6) is 5.75 Å². The number of benzene rings is 1. The van der Waals surface area contributed by atoms with Gasteiger partial charge in [0.05, 0.1) is 6.54 Å². The second-order valence-electron chi connectivity index (χ2n) is 4.11. The predicted octanol–water partition coefficient (Wildman–Crippen LogP) is 2.55. The molecule has 1 aromatic rings. The molecule has 1 aromatic carbocycles. The zero-order chi connectivity index (χ0) is 9.60. The molecule has 0 unspecified atom stereocenters. The number of rotatable bonds is 0. The van der Waals surface area contributed by atoms with Crippen molar-refractivity contribution in [2.75, 3.05) is 11.9 Å². The van der Waals surface area contributed by atoms with E-state index in [-0.39, 0.29) is 11.4 Å². The molecule has 0 atom stereocenters. The molecule has 3 heteroatoms. The molecule has 1 saturated carbocycles. The van der Waals surface area contributed by atoms with Crippen molar-refractivity contribution in [3.63, 3.8) is 0 Å². The Morgan fingerprint density at radius 1 is 1.36 bits per heavy atom. The first kappa shape index (κ1) is 8.09. The summed E-state index contributed by atoms with van der Waals surface area (Å²) < 4.78 is 19.1. The van der Waals surface area contributed by atoms with Gasteiger partial charge in [0.25, 0.3) is 0 Å². The van der Waals surface area contributed by atoms with Gasteiger partial charge < -0.3 is 10.1 Å². The van der Waals surface area contributed by atoms with Crippen molar-refractivity contribution in [2.24, 2.45) is 0 Å². The van der Waals surface area contributed by atoms with Crippen LogP contribution in [-0.2, 0) is 0 Å². The van der Waals surface area contributed by atoms with E-state index in [1.807, 2.05) is 6.07 Å². The molecule has 2 aliphatic rings. The highest BCUT2D eigenvalue weighted by atomic mass is 19.1. The average Bonchev–Trinajstić information content (AvgIpc) is 2.15. The minimum atomic E-state index is -0.225. The molecule has 3 rings (SSSR count). The minimum Gasteiger partial charge on any atom is -0.483 e. The fourth-order valence-electron chi connectivity index (χ4n) is 2.13. The summed E-state index contributed by atoms with van der Waals surface area (Å²) >= 11 is 0. The van der Waals surface area contributed by atoms with E-state index in [1.165, 1.54) is 12.5 Å². The topological polar surface area (TPSA) is 21.3 Å². The lowest BCUT2D eigenvalue weighted by atomic mass is 9.79. The highest BCUT2D eigenvalue weighted by Crippen LogP contribution is 2.43. The Bertz CT molecular complexity index is 374. The van der Waals surface area contributed by atoms with Gasteiger partial charge in [-0.1, -0.05) is 6.07 Å². The Kier molecular flexibility index (Phi) is 1.52. The first-order valence-corrected chi connectivity index (χ1v) is 5.01. The fraction of sp³-hybridized carbons (Fsp3) is 0.455. The van der Waals surface area contributed by atoms with Gasteiger partial charge in [0, 0.05) is 0 Å². The quantitative estimate of drug-likeness (QED) is 0.683. The van der Waals surface area contributed by atoms with E-state index in [0.717, 1.165) is 19.4 Å². The first-order valence-electron chi connectivity index (χ1n) is 5.01. The van der Waals surface area contributed by atoms with Crippen LogP contribution >= 0.6 is 0 Å². The summed E-state index contributed by atoms with van der Waals surface area (Å²) in [5.41, 5.74) is 0.478. The molecule has 1 N–H and O–H groups in total. The van der Waals surface area contributed by atoms with Crippen molar-refractivity contribution in [3.05, 3.63) is 24.0 Å². The Balaban J connectivity index is 1.98. The molecule has 1 aliphatic heterocycles. The van der Waals surface area contributed by atoms with E-state index < -0.39 is 0 Å². The standard InChI is InChI=1S/C11H12FNO/c12-8-3-1-4-9-10(8)13-7-11(14-9)5-2-6-11/h1,3-4,13H,2,5-7H2. The normalized spacial score (nSPS) is 21.8. The molecular weight excluding hydrogens is 181 g/mol. The monoisotopic (exact) mass is 193 g/mol. The summed E-state index contributed by atoms with van der Waals surface area (Å²) in [6.07, 6.45) is 3.37. The van der Waals surface area contributed by atoms with Crippen LogP contribution in [0.25, 0.3) is 0 Å². The van der Waals surface area contributed by atoms with Crippen LogP contribution < -0.4 is 10.1 Å². The molecular formula is C11H12FNO. The van der Waals surface area contributed by atoms with E-state index >= 15 is 0 Å². The maximum atomic E-state index is 13.3. The van der Waals surface area contributed by atoms with Gasteiger partial charge in [-0.15, -0.1) is 0 Å². The summed E-state index contributed by atoms with van der Waals surface area (Å²) in [5.74, 6) is 0.438. The number of hydrogen-bond donors (Lipinski definition) is 1. The molecule has 1 heterocycles. The SMILES string of the molecule is Fc1cccc2c1NCC1(CCC1)O2. The van der Waals surface area contributed by atoms with Gasteiger partial charge in [0.2, 0.25) is 0 Å². The second kappa shape index (κ2) is 2.62. The van der Waals surface area contributed by atoms with Crippen LogP contribution in [0.2, 0.25) is 0 Å². The van der Waals surface area contributed by atoms with Crippen molar-refractivity contribution in [3.8, 4) is 5.75 Å². The van der Waals surface area contributed by atoms with Crippen molar-refractivity contribution in [1.82, 2.24) is 0 Å². The fourth-order valence-corrected chi connectivity index (χ4v) is 2.13. The number of halogens is 1. The third kappa shape index (κ3) is 1.01. The third-order valence-corrected chi connectivity index (χ3v) is 3.15. The molecule has 2 nitrogen and oxygen atoms in total. The lowest BCUT2D eigenvalue weighted by Crippen LogP contribution is -2.51. The van der Waals surface area contributed by atoms with Crippen molar-refractivity contribution < 1.29 is 9.13 Å². The van der Waals surface area contributed by atoms with E-state index in [2.05, 4.69) is 5.32 Å². The van der Waals surface area contributed by atoms with Crippen LogP contribution in [-0.4, -0.2) is 12.1 Å². The Labute approximate surface area is 82.1 Å². The van der Waals surface area contributed by atoms with Gasteiger partial charge in [-0.05, 0) is 31.4 Å². The van der Waals surface area contributed by atoms with Crippen LogP contribution in [0, 0.1) is 5.82 Å². The van der Waals surface area contributed by atoms with Gasteiger partial charge in [-0.25, -0.2) is 4.39 Å². The maximum absolute atomic E-state index is 13.3. The van der Waals surface area contributed by atoms with Crippen molar-refractivity contribution in [2.45, 2.75) is 24.9 Å². The predicted molar refractivity (Wildman–Crippen MR) is 52.1 cm³/mol. The molecule has 0 saturated heterocycles. The summed E-state index contributed by atoms with van der Waals surface area (Å²) in [5, 5.41) is 3.12. The van der Waals surface area contributed by atoms with Gasteiger partial charge >= 0.3 is 0 Å². The number of hydrogen-bond acceptors (Lipinski definition) is 2. The van der Waals surface area contributed by atoms with Crippen LogP contribution in [0.1, 0.15) is 19.3 Å². The van der Waals surface area contributed by atoms with Gasteiger partial charge in [0.15, 0.2) is 0 Å². The third-order valence-electron chi connectivity index (χ3n) is 3.15. The molecule has 14 heavy (non-hydrogen) atoms. The van der Waals surface area contributed by atoms with Crippen LogP contribution in [0.15, 0.2) is 18.2 Å². The maximum Gasteiger partial charge on any atom is 0.150 e. The molecule has 1 aliphatic carbocycles. The molecule has 0 bridgehead atoms. The molecule has 1 spiro atoms. The van der Waals surface area contributed by atoms with Crippen LogP contribution in [0.4, 0.5) is 10.1 Å². The summed E-state index contributed by atoms with van der Waals surface area (Å²) in [7, 11) is 0. The number of anilines is 1. The second-order valence-corrected chi connectivity index (χ2v) is 4.11. The van der Waals surface area contributed by atoms with Crippen LogP contribution in [0.3, 0.4) is 0 Å². The first-order chi connectivity index (χ1) is 6.79. The lowest BCUT2D eigenvalue weighted by molar-refractivity contribution is -0.000221. The molecule has 0 radical (unpaired) electrons. The largest absolute Gasteiger partial charge is 0.483 e. The Morgan fingerprint density at radius 2 is 2.21 bits per heavy atom. The lowest BCUT2D eigenvalue weighted by Gasteiger charge is -2.45. The number of ether oxygens (including phenoxy) is 1. The molecule has 0 aromatic heterocycles. The Morgan fingerprint density at radius 3 is 2.93 bits per heavy atom. The summed E-state index contributed by atoms with van der Waals surface area (Å²) in [4.78, 5) is 0. The summed E-state index contributed by atoms with van der Waals surface area (Å²) in [6.45, 7) is 0.737. The van der Waals surface area contributed by atoms with Crippen molar-refractivity contribution in [1.29, 1.82) is 0 Å². The van der Waals surface area contributed by atoms with E-state index in [9.17, 15) is 4.39 Å². The molecule has 74 valence electrons. The average molecular weight is 193 g/mol. The zero-order valence-corrected chi connectivity index (χ0v) is 7.85.